The lowest BCUT2D eigenvalue weighted by atomic mass is 10.2. The Bertz CT molecular complexity index is 626. The third-order valence-electron chi connectivity index (χ3n) is 2.42. The third kappa shape index (κ3) is 2.18. The van der Waals surface area contributed by atoms with E-state index in [0.717, 1.165) is 0 Å². The molecule has 0 saturated carbocycles. The van der Waals surface area contributed by atoms with Gasteiger partial charge in [0.25, 0.3) is 5.56 Å². The van der Waals surface area contributed by atoms with Crippen molar-refractivity contribution in [2.45, 2.75) is 19.9 Å². The highest BCUT2D eigenvalue weighted by Gasteiger charge is 2.11. The van der Waals surface area contributed by atoms with Crippen LogP contribution in [0.15, 0.2) is 40.1 Å². The molecule has 0 spiro atoms. The molecular weight excluding hydrogens is 218 g/mol. The Balaban J connectivity index is 2.77. The molecule has 2 aromatic rings. The maximum Gasteiger partial charge on any atom is 0.329 e. The van der Waals surface area contributed by atoms with E-state index in [2.05, 4.69) is 9.97 Å². The Morgan fingerprint density at radius 3 is 2.65 bits per heavy atom. The monoisotopic (exact) mass is 231 g/mol. The predicted molar refractivity (Wildman–Crippen MR) is 64.9 cm³/mol. The highest BCUT2D eigenvalue weighted by Crippen LogP contribution is 2.15. The molecule has 1 N–H and O–H groups in total. The Labute approximate surface area is 97.8 Å². The standard InChI is InChI=1S/C12H13N3O2/c1-8(2)15-10(7-11(16)14-12(15)17)9-5-3-4-6-13-9/h3-8H,1-2H3,(H,14,16,17). The Kier molecular flexibility index (Phi) is 2.91. The summed E-state index contributed by atoms with van der Waals surface area (Å²) < 4.78 is 1.52. The molecule has 0 atom stereocenters. The average Bonchev–Trinajstić information content (AvgIpc) is 2.28. The molecule has 2 rings (SSSR count). The van der Waals surface area contributed by atoms with Crippen LogP contribution in [0.4, 0.5) is 0 Å². The smallest absolute Gasteiger partial charge is 0.289 e. The molecule has 88 valence electrons. The second-order valence-corrected chi connectivity index (χ2v) is 4.00. The van der Waals surface area contributed by atoms with Crippen molar-refractivity contribution >= 4 is 0 Å². The maximum atomic E-state index is 11.8. The number of aromatic nitrogens is 3. The molecule has 17 heavy (non-hydrogen) atoms. The molecule has 0 aliphatic rings. The van der Waals surface area contributed by atoms with Crippen LogP contribution in [-0.4, -0.2) is 14.5 Å². The number of hydrogen-bond acceptors (Lipinski definition) is 3. The zero-order chi connectivity index (χ0) is 12.4. The van der Waals surface area contributed by atoms with Crippen molar-refractivity contribution in [2.75, 3.05) is 0 Å². The molecule has 2 heterocycles. The molecule has 0 fully saturated rings. The number of nitrogens with zero attached hydrogens (tertiary/aromatic N) is 2. The van der Waals surface area contributed by atoms with Gasteiger partial charge in [-0.3, -0.25) is 19.3 Å². The molecule has 5 nitrogen and oxygen atoms in total. The van der Waals surface area contributed by atoms with Crippen molar-refractivity contribution < 1.29 is 0 Å². The van der Waals surface area contributed by atoms with Crippen LogP contribution >= 0.6 is 0 Å². The SMILES string of the molecule is CC(C)n1c(-c2ccccn2)cc(=O)[nH]c1=O. The van der Waals surface area contributed by atoms with Crippen molar-refractivity contribution in [3.8, 4) is 11.4 Å². The van der Waals surface area contributed by atoms with E-state index in [9.17, 15) is 9.59 Å². The summed E-state index contributed by atoms with van der Waals surface area (Å²) in [6.45, 7) is 3.76. The van der Waals surface area contributed by atoms with Crippen LogP contribution < -0.4 is 11.2 Å². The summed E-state index contributed by atoms with van der Waals surface area (Å²) in [5, 5.41) is 0. The van der Waals surface area contributed by atoms with Crippen molar-refractivity contribution in [2.24, 2.45) is 0 Å². The first-order valence-electron chi connectivity index (χ1n) is 5.37. The van der Waals surface area contributed by atoms with Crippen molar-refractivity contribution in [3.63, 3.8) is 0 Å². The van der Waals surface area contributed by atoms with Gasteiger partial charge in [0.15, 0.2) is 0 Å². The number of H-pyrrole nitrogens is 1. The summed E-state index contributed by atoms with van der Waals surface area (Å²) >= 11 is 0. The van der Waals surface area contributed by atoms with Crippen molar-refractivity contribution in [1.29, 1.82) is 0 Å². The van der Waals surface area contributed by atoms with Gasteiger partial charge in [0.1, 0.15) is 0 Å². The molecule has 0 saturated heterocycles. The third-order valence-corrected chi connectivity index (χ3v) is 2.42. The molecule has 2 aromatic heterocycles. The van der Waals surface area contributed by atoms with Crippen LogP contribution in [0.3, 0.4) is 0 Å². The fourth-order valence-corrected chi connectivity index (χ4v) is 1.73. The van der Waals surface area contributed by atoms with E-state index in [1.54, 1.807) is 18.3 Å². The van der Waals surface area contributed by atoms with E-state index in [0.29, 0.717) is 11.4 Å². The van der Waals surface area contributed by atoms with Gasteiger partial charge in [-0.1, -0.05) is 6.07 Å². The summed E-state index contributed by atoms with van der Waals surface area (Å²) in [5.74, 6) is 0. The van der Waals surface area contributed by atoms with E-state index in [-0.39, 0.29) is 6.04 Å². The predicted octanol–water partition coefficient (Wildman–Crippen LogP) is 1.18. The second-order valence-electron chi connectivity index (χ2n) is 4.00. The number of pyridine rings is 1. The minimum Gasteiger partial charge on any atom is -0.289 e. The summed E-state index contributed by atoms with van der Waals surface area (Å²) in [6.07, 6.45) is 1.63. The van der Waals surface area contributed by atoms with Gasteiger partial charge in [0, 0.05) is 18.3 Å². The average molecular weight is 231 g/mol. The van der Waals surface area contributed by atoms with Gasteiger partial charge < -0.3 is 0 Å². The van der Waals surface area contributed by atoms with E-state index < -0.39 is 11.2 Å². The first-order valence-corrected chi connectivity index (χ1v) is 5.37. The summed E-state index contributed by atoms with van der Waals surface area (Å²) in [4.78, 5) is 29.5. The van der Waals surface area contributed by atoms with E-state index in [1.165, 1.54) is 10.6 Å². The molecule has 5 heteroatoms. The molecule has 0 unspecified atom stereocenters. The zero-order valence-corrected chi connectivity index (χ0v) is 9.68. The summed E-state index contributed by atoms with van der Waals surface area (Å²) in [6, 6.07) is 6.72. The van der Waals surface area contributed by atoms with Gasteiger partial charge in [-0.15, -0.1) is 0 Å². The number of nitrogens with one attached hydrogen (secondary N) is 1. The van der Waals surface area contributed by atoms with Crippen molar-refractivity contribution in [1.82, 2.24) is 14.5 Å². The Hall–Kier alpha value is -2.17. The topological polar surface area (TPSA) is 67.8 Å². The van der Waals surface area contributed by atoms with E-state index in [1.807, 2.05) is 19.9 Å². The fraction of sp³-hybridized carbons (Fsp3) is 0.250. The first kappa shape index (κ1) is 11.3. The second kappa shape index (κ2) is 4.37. The van der Waals surface area contributed by atoms with Gasteiger partial charge in [-0.25, -0.2) is 4.79 Å². The van der Waals surface area contributed by atoms with Gasteiger partial charge >= 0.3 is 5.69 Å². The fourth-order valence-electron chi connectivity index (χ4n) is 1.73. The van der Waals surface area contributed by atoms with Crippen LogP contribution in [-0.2, 0) is 0 Å². The number of rotatable bonds is 2. The van der Waals surface area contributed by atoms with E-state index >= 15 is 0 Å². The largest absolute Gasteiger partial charge is 0.329 e. The molecule has 0 aliphatic carbocycles. The Morgan fingerprint density at radius 1 is 1.29 bits per heavy atom. The van der Waals surface area contributed by atoms with Crippen LogP contribution in [0.25, 0.3) is 11.4 Å². The normalized spacial score (nSPS) is 10.8. The lowest BCUT2D eigenvalue weighted by Gasteiger charge is -2.14. The highest BCUT2D eigenvalue weighted by molar-refractivity contribution is 5.53. The van der Waals surface area contributed by atoms with Gasteiger partial charge in [0.2, 0.25) is 0 Å². The Morgan fingerprint density at radius 2 is 2.06 bits per heavy atom. The van der Waals surface area contributed by atoms with Gasteiger partial charge in [0.05, 0.1) is 11.4 Å². The molecule has 0 radical (unpaired) electrons. The van der Waals surface area contributed by atoms with Gasteiger partial charge in [-0.2, -0.15) is 0 Å². The minimum absolute atomic E-state index is 0.0450. The maximum absolute atomic E-state index is 11.8. The highest BCUT2D eigenvalue weighted by atomic mass is 16.2. The molecule has 0 aromatic carbocycles. The summed E-state index contributed by atoms with van der Waals surface area (Å²) in [5.41, 5.74) is 0.333. The number of aromatic amines is 1. The van der Waals surface area contributed by atoms with Crippen LogP contribution in [0, 0.1) is 0 Å². The van der Waals surface area contributed by atoms with Crippen LogP contribution in [0.2, 0.25) is 0 Å². The van der Waals surface area contributed by atoms with Gasteiger partial charge in [-0.05, 0) is 26.0 Å². The molecule has 0 amide bonds. The summed E-state index contributed by atoms with van der Waals surface area (Å²) in [7, 11) is 0. The molecule has 0 aliphatic heterocycles. The van der Waals surface area contributed by atoms with Crippen molar-refractivity contribution in [3.05, 3.63) is 51.3 Å². The lowest BCUT2D eigenvalue weighted by Crippen LogP contribution is -2.31. The first-order chi connectivity index (χ1) is 8.09. The quantitative estimate of drug-likeness (QED) is 0.843. The minimum atomic E-state index is -0.410. The molecule has 0 bridgehead atoms. The van der Waals surface area contributed by atoms with Crippen LogP contribution in [0.5, 0.6) is 0 Å². The number of hydrogen-bond donors (Lipinski definition) is 1. The molecular formula is C12H13N3O2. The van der Waals surface area contributed by atoms with Crippen LogP contribution in [0.1, 0.15) is 19.9 Å². The zero-order valence-electron chi connectivity index (χ0n) is 9.68. The lowest BCUT2D eigenvalue weighted by molar-refractivity contribution is 0.567. The van der Waals surface area contributed by atoms with E-state index in [4.69, 9.17) is 0 Å².